The molecule has 27 heavy (non-hydrogen) atoms. The molecule has 2 aromatic rings. The van der Waals surface area contributed by atoms with E-state index in [0.29, 0.717) is 30.5 Å². The van der Waals surface area contributed by atoms with Crippen molar-refractivity contribution in [2.75, 3.05) is 26.3 Å². The average Bonchev–Trinajstić information content (AvgIpc) is 2.96. The first-order chi connectivity index (χ1) is 13.2. The fraction of sp³-hybridized carbons (Fsp3) is 0.579. The third-order valence-electron chi connectivity index (χ3n) is 4.49. The van der Waals surface area contributed by atoms with E-state index in [0.717, 1.165) is 31.5 Å². The van der Waals surface area contributed by atoms with Crippen LogP contribution in [0.3, 0.4) is 0 Å². The molecule has 0 N–H and O–H groups in total. The SMILES string of the molecule is CCOc1ccc(-c2nnn(CC(=O)N3CCCCCC3)n2)cc1OCC. The quantitative estimate of drug-likeness (QED) is 0.742. The van der Waals surface area contributed by atoms with Crippen LogP contribution in [0.5, 0.6) is 11.5 Å². The highest BCUT2D eigenvalue weighted by atomic mass is 16.5. The van der Waals surface area contributed by atoms with Crippen molar-refractivity contribution in [3.63, 3.8) is 0 Å². The number of nitrogens with zero attached hydrogens (tertiary/aromatic N) is 5. The zero-order valence-electron chi connectivity index (χ0n) is 16.1. The first kappa shape index (κ1) is 19.1. The standard InChI is InChI=1S/C19H27N5O3/c1-3-26-16-10-9-15(13-17(16)27-4-2)19-20-22-24(21-19)14-18(25)23-11-7-5-6-8-12-23/h9-10,13H,3-8,11-12,14H2,1-2H3. The molecule has 0 bridgehead atoms. The van der Waals surface area contributed by atoms with Gasteiger partial charge in [0.2, 0.25) is 11.7 Å². The van der Waals surface area contributed by atoms with Crippen LogP contribution in [0.15, 0.2) is 18.2 Å². The Bertz CT molecular complexity index is 754. The number of ether oxygens (including phenoxy) is 2. The van der Waals surface area contributed by atoms with E-state index in [4.69, 9.17) is 9.47 Å². The number of hydrogen-bond acceptors (Lipinski definition) is 6. The summed E-state index contributed by atoms with van der Waals surface area (Å²) in [5.74, 6) is 1.84. The second-order valence-electron chi connectivity index (χ2n) is 6.47. The van der Waals surface area contributed by atoms with E-state index in [2.05, 4.69) is 15.4 Å². The van der Waals surface area contributed by atoms with Crippen molar-refractivity contribution in [3.8, 4) is 22.9 Å². The molecule has 1 fully saturated rings. The van der Waals surface area contributed by atoms with Gasteiger partial charge in [-0.15, -0.1) is 10.2 Å². The van der Waals surface area contributed by atoms with Crippen LogP contribution in [-0.2, 0) is 11.3 Å². The fourth-order valence-electron chi connectivity index (χ4n) is 3.16. The summed E-state index contributed by atoms with van der Waals surface area (Å²) in [6.07, 6.45) is 4.51. The van der Waals surface area contributed by atoms with E-state index < -0.39 is 0 Å². The first-order valence-electron chi connectivity index (χ1n) is 9.67. The van der Waals surface area contributed by atoms with Crippen LogP contribution >= 0.6 is 0 Å². The molecule has 1 aliphatic rings. The van der Waals surface area contributed by atoms with Crippen LogP contribution in [0, 0.1) is 0 Å². The molecule has 3 rings (SSSR count). The normalized spacial score (nSPS) is 14.7. The summed E-state index contributed by atoms with van der Waals surface area (Å²) in [5, 5.41) is 12.5. The number of likely N-dealkylation sites (tertiary alicyclic amines) is 1. The number of hydrogen-bond donors (Lipinski definition) is 0. The Kier molecular flexibility index (Phi) is 6.62. The van der Waals surface area contributed by atoms with Crippen molar-refractivity contribution in [3.05, 3.63) is 18.2 Å². The molecule has 1 aromatic heterocycles. The zero-order valence-corrected chi connectivity index (χ0v) is 16.1. The molecule has 1 aromatic carbocycles. The Balaban J connectivity index is 1.71. The Labute approximate surface area is 159 Å². The van der Waals surface area contributed by atoms with Crippen LogP contribution in [0.4, 0.5) is 0 Å². The van der Waals surface area contributed by atoms with Crippen molar-refractivity contribution in [2.24, 2.45) is 0 Å². The lowest BCUT2D eigenvalue weighted by Crippen LogP contribution is -2.35. The molecule has 0 atom stereocenters. The Hall–Kier alpha value is -2.64. The highest BCUT2D eigenvalue weighted by Crippen LogP contribution is 2.31. The van der Waals surface area contributed by atoms with Gasteiger partial charge in [0, 0.05) is 18.7 Å². The maximum atomic E-state index is 12.5. The van der Waals surface area contributed by atoms with Crippen LogP contribution in [-0.4, -0.2) is 57.3 Å². The van der Waals surface area contributed by atoms with E-state index in [-0.39, 0.29) is 12.5 Å². The average molecular weight is 373 g/mol. The smallest absolute Gasteiger partial charge is 0.246 e. The first-order valence-corrected chi connectivity index (χ1v) is 9.67. The van der Waals surface area contributed by atoms with Crippen LogP contribution in [0.25, 0.3) is 11.4 Å². The Morgan fingerprint density at radius 1 is 1.04 bits per heavy atom. The lowest BCUT2D eigenvalue weighted by atomic mass is 10.2. The van der Waals surface area contributed by atoms with Gasteiger partial charge >= 0.3 is 0 Å². The van der Waals surface area contributed by atoms with Gasteiger partial charge in [-0.05, 0) is 50.1 Å². The number of carbonyl (C=O) groups is 1. The summed E-state index contributed by atoms with van der Waals surface area (Å²) in [6.45, 7) is 6.69. The van der Waals surface area contributed by atoms with Crippen LogP contribution < -0.4 is 9.47 Å². The van der Waals surface area contributed by atoms with E-state index in [1.165, 1.54) is 17.6 Å². The summed E-state index contributed by atoms with van der Waals surface area (Å²) in [4.78, 5) is 15.7. The molecule has 0 saturated carbocycles. The second kappa shape index (κ2) is 9.34. The third-order valence-corrected chi connectivity index (χ3v) is 4.49. The van der Waals surface area contributed by atoms with Crippen molar-refractivity contribution in [1.29, 1.82) is 0 Å². The summed E-state index contributed by atoms with van der Waals surface area (Å²) in [5.41, 5.74) is 0.773. The summed E-state index contributed by atoms with van der Waals surface area (Å²) in [6, 6.07) is 5.55. The van der Waals surface area contributed by atoms with Gasteiger partial charge in [0.05, 0.1) is 13.2 Å². The summed E-state index contributed by atoms with van der Waals surface area (Å²) >= 11 is 0. The maximum absolute atomic E-state index is 12.5. The molecule has 0 spiro atoms. The topological polar surface area (TPSA) is 82.4 Å². The molecular formula is C19H27N5O3. The molecule has 1 aliphatic heterocycles. The number of benzene rings is 1. The van der Waals surface area contributed by atoms with E-state index in [9.17, 15) is 4.79 Å². The van der Waals surface area contributed by atoms with Gasteiger partial charge in [0.25, 0.3) is 0 Å². The number of aromatic nitrogens is 4. The van der Waals surface area contributed by atoms with E-state index in [1.54, 1.807) is 0 Å². The largest absolute Gasteiger partial charge is 0.490 e. The molecule has 1 saturated heterocycles. The summed E-state index contributed by atoms with van der Waals surface area (Å²) < 4.78 is 11.2. The van der Waals surface area contributed by atoms with Gasteiger partial charge in [-0.25, -0.2) is 0 Å². The van der Waals surface area contributed by atoms with Crippen molar-refractivity contribution >= 4 is 5.91 Å². The highest BCUT2D eigenvalue weighted by Gasteiger charge is 2.18. The van der Waals surface area contributed by atoms with Gasteiger partial charge in [0.15, 0.2) is 11.5 Å². The van der Waals surface area contributed by atoms with Gasteiger partial charge in [-0.1, -0.05) is 12.8 Å². The number of carbonyl (C=O) groups excluding carboxylic acids is 1. The fourth-order valence-corrected chi connectivity index (χ4v) is 3.16. The van der Waals surface area contributed by atoms with E-state index >= 15 is 0 Å². The zero-order chi connectivity index (χ0) is 19.1. The highest BCUT2D eigenvalue weighted by molar-refractivity contribution is 5.75. The lowest BCUT2D eigenvalue weighted by molar-refractivity contribution is -0.132. The minimum atomic E-state index is 0.0440. The van der Waals surface area contributed by atoms with Crippen LogP contribution in [0.1, 0.15) is 39.5 Å². The Morgan fingerprint density at radius 2 is 1.74 bits per heavy atom. The maximum Gasteiger partial charge on any atom is 0.246 e. The number of rotatable bonds is 7. The van der Waals surface area contributed by atoms with Crippen molar-refractivity contribution in [1.82, 2.24) is 25.1 Å². The molecular weight excluding hydrogens is 346 g/mol. The van der Waals surface area contributed by atoms with Crippen molar-refractivity contribution in [2.45, 2.75) is 46.1 Å². The predicted octanol–water partition coefficient (Wildman–Crippen LogP) is 2.54. The molecule has 8 heteroatoms. The van der Waals surface area contributed by atoms with Crippen molar-refractivity contribution < 1.29 is 14.3 Å². The summed E-state index contributed by atoms with van der Waals surface area (Å²) in [7, 11) is 0. The third kappa shape index (κ3) is 4.96. The molecule has 0 unspecified atom stereocenters. The minimum Gasteiger partial charge on any atom is -0.490 e. The second-order valence-corrected chi connectivity index (χ2v) is 6.47. The molecule has 0 aliphatic carbocycles. The number of tetrazole rings is 1. The molecule has 146 valence electrons. The Morgan fingerprint density at radius 3 is 2.44 bits per heavy atom. The molecule has 8 nitrogen and oxygen atoms in total. The van der Waals surface area contributed by atoms with E-state index in [1.807, 2.05) is 36.9 Å². The predicted molar refractivity (Wildman–Crippen MR) is 101 cm³/mol. The van der Waals surface area contributed by atoms with Gasteiger partial charge in [-0.3, -0.25) is 4.79 Å². The van der Waals surface area contributed by atoms with Gasteiger partial charge < -0.3 is 14.4 Å². The molecule has 0 radical (unpaired) electrons. The van der Waals surface area contributed by atoms with Gasteiger partial charge in [0.1, 0.15) is 6.54 Å². The van der Waals surface area contributed by atoms with Crippen LogP contribution in [0.2, 0.25) is 0 Å². The molecule has 2 heterocycles. The van der Waals surface area contributed by atoms with Gasteiger partial charge in [-0.2, -0.15) is 4.80 Å². The minimum absolute atomic E-state index is 0.0440. The number of amides is 1. The monoisotopic (exact) mass is 373 g/mol. The molecule has 1 amide bonds. The lowest BCUT2D eigenvalue weighted by Gasteiger charge is -2.19.